The number of likely N-dealkylation sites (N-methyl/N-ethyl adjacent to an activating group) is 1. The average Bonchev–Trinajstić information content (AvgIpc) is 2.85. The summed E-state index contributed by atoms with van der Waals surface area (Å²) in [4.78, 5) is 22.7. The van der Waals surface area contributed by atoms with Crippen LogP contribution >= 0.6 is 0 Å². The van der Waals surface area contributed by atoms with Crippen LogP contribution in [-0.2, 0) is 16.6 Å². The zero-order chi connectivity index (χ0) is 15.4. The summed E-state index contributed by atoms with van der Waals surface area (Å²) in [5.74, 6) is -1.43. The Labute approximate surface area is 122 Å². The first-order valence-electron chi connectivity index (χ1n) is 6.82. The van der Waals surface area contributed by atoms with Crippen LogP contribution in [0.15, 0.2) is 30.5 Å². The van der Waals surface area contributed by atoms with E-state index in [-0.39, 0.29) is 6.54 Å². The van der Waals surface area contributed by atoms with Crippen molar-refractivity contribution in [2.75, 3.05) is 13.1 Å². The number of benzene rings is 1. The summed E-state index contributed by atoms with van der Waals surface area (Å²) in [5, 5.41) is 15.9. The highest BCUT2D eigenvalue weighted by Gasteiger charge is 2.15. The number of hydrogen-bond donors (Lipinski definition) is 3. The molecule has 0 saturated heterocycles. The zero-order valence-electron chi connectivity index (χ0n) is 12.1. The summed E-state index contributed by atoms with van der Waals surface area (Å²) in [7, 11) is 1.95. The van der Waals surface area contributed by atoms with Crippen LogP contribution in [0.1, 0.15) is 18.6 Å². The van der Waals surface area contributed by atoms with Gasteiger partial charge in [0.2, 0.25) is 0 Å². The average molecular weight is 289 g/mol. The Morgan fingerprint density at radius 2 is 1.95 bits per heavy atom. The van der Waals surface area contributed by atoms with Crippen LogP contribution in [0.4, 0.5) is 0 Å². The van der Waals surface area contributed by atoms with Crippen molar-refractivity contribution in [1.29, 1.82) is 0 Å². The predicted octanol–water partition coefficient (Wildman–Crippen LogP) is 0.464. The van der Waals surface area contributed by atoms with Gasteiger partial charge in [-0.1, -0.05) is 6.07 Å². The van der Waals surface area contributed by atoms with Gasteiger partial charge in [0.1, 0.15) is 0 Å². The predicted molar refractivity (Wildman–Crippen MR) is 79.6 cm³/mol. The number of nitrogens with one attached hydrogen (secondary N) is 2. The molecule has 2 amide bonds. The fourth-order valence-electron chi connectivity index (χ4n) is 2.14. The van der Waals surface area contributed by atoms with Crippen LogP contribution < -0.4 is 10.6 Å². The molecule has 3 N–H and O–H groups in total. The number of hydrogen-bond acceptors (Lipinski definition) is 3. The molecule has 0 fully saturated rings. The molecule has 0 bridgehead atoms. The Morgan fingerprint density at radius 3 is 2.67 bits per heavy atom. The molecule has 1 unspecified atom stereocenters. The van der Waals surface area contributed by atoms with E-state index in [1.54, 1.807) is 6.92 Å². The van der Waals surface area contributed by atoms with Crippen molar-refractivity contribution >= 4 is 22.7 Å². The summed E-state index contributed by atoms with van der Waals surface area (Å²) in [6, 6.07) is 7.56. The summed E-state index contributed by atoms with van der Waals surface area (Å²) in [6.45, 7) is 2.11. The summed E-state index contributed by atoms with van der Waals surface area (Å²) in [6.07, 6.45) is 1.09. The van der Waals surface area contributed by atoms with E-state index in [9.17, 15) is 14.7 Å². The smallest absolute Gasteiger partial charge is 0.309 e. The Bertz CT molecular complexity index is 663. The number of amides is 2. The molecule has 0 aliphatic rings. The molecule has 1 heterocycles. The van der Waals surface area contributed by atoms with Crippen molar-refractivity contribution < 1.29 is 14.7 Å². The maximum atomic E-state index is 11.4. The first-order chi connectivity index (χ1) is 10.0. The molecule has 6 nitrogen and oxygen atoms in total. The minimum atomic E-state index is -0.854. The van der Waals surface area contributed by atoms with E-state index in [1.165, 1.54) is 0 Å². The standard InChI is InChI=1S/C15H19N3O3/c1-3-16-14(20)15(21)17-9-13(19)11-4-5-12-10(8-11)6-7-18(12)2/h4-8,13,19H,3,9H2,1-2H3,(H,16,20)(H,17,21). The molecule has 0 spiro atoms. The number of aryl methyl sites for hydroxylation is 1. The van der Waals surface area contributed by atoms with Gasteiger partial charge in [-0.15, -0.1) is 0 Å². The fraction of sp³-hybridized carbons (Fsp3) is 0.333. The van der Waals surface area contributed by atoms with E-state index in [4.69, 9.17) is 0 Å². The number of aliphatic hydroxyl groups is 1. The quantitative estimate of drug-likeness (QED) is 0.715. The number of aliphatic hydroxyl groups excluding tert-OH is 1. The third kappa shape index (κ3) is 3.41. The molecule has 1 aromatic carbocycles. The van der Waals surface area contributed by atoms with Gasteiger partial charge >= 0.3 is 11.8 Å². The molecule has 0 aliphatic heterocycles. The van der Waals surface area contributed by atoms with Crippen molar-refractivity contribution in [1.82, 2.24) is 15.2 Å². The molecular weight excluding hydrogens is 270 g/mol. The Morgan fingerprint density at radius 1 is 1.24 bits per heavy atom. The first kappa shape index (κ1) is 15.1. The van der Waals surface area contributed by atoms with Crippen molar-refractivity contribution in [2.24, 2.45) is 7.05 Å². The Kier molecular flexibility index (Phi) is 4.59. The van der Waals surface area contributed by atoms with Gasteiger partial charge in [-0.2, -0.15) is 0 Å². The minimum Gasteiger partial charge on any atom is -0.387 e. The largest absolute Gasteiger partial charge is 0.387 e. The topological polar surface area (TPSA) is 83.4 Å². The molecule has 0 saturated carbocycles. The lowest BCUT2D eigenvalue weighted by atomic mass is 10.1. The summed E-state index contributed by atoms with van der Waals surface area (Å²) < 4.78 is 1.99. The molecule has 6 heteroatoms. The van der Waals surface area contributed by atoms with Gasteiger partial charge < -0.3 is 20.3 Å². The van der Waals surface area contributed by atoms with Crippen molar-refractivity contribution in [3.63, 3.8) is 0 Å². The van der Waals surface area contributed by atoms with E-state index in [0.29, 0.717) is 12.1 Å². The number of rotatable bonds is 4. The summed E-state index contributed by atoms with van der Waals surface area (Å²) >= 11 is 0. The molecule has 2 rings (SSSR count). The summed E-state index contributed by atoms with van der Waals surface area (Å²) in [5.41, 5.74) is 1.77. The number of aromatic nitrogens is 1. The van der Waals surface area contributed by atoms with Crippen LogP contribution in [-0.4, -0.2) is 34.6 Å². The van der Waals surface area contributed by atoms with Crippen LogP contribution in [0.3, 0.4) is 0 Å². The van der Waals surface area contributed by atoms with E-state index in [0.717, 1.165) is 10.9 Å². The SMILES string of the molecule is CCNC(=O)C(=O)NCC(O)c1ccc2c(ccn2C)c1. The number of carbonyl (C=O) groups excluding carboxylic acids is 2. The van der Waals surface area contributed by atoms with Gasteiger partial charge in [0.05, 0.1) is 6.10 Å². The third-order valence-corrected chi connectivity index (χ3v) is 3.29. The minimum absolute atomic E-state index is 0.00565. The number of carbonyl (C=O) groups is 2. The first-order valence-corrected chi connectivity index (χ1v) is 6.82. The van der Waals surface area contributed by atoms with Crippen molar-refractivity contribution in [2.45, 2.75) is 13.0 Å². The van der Waals surface area contributed by atoms with Crippen LogP contribution in [0.5, 0.6) is 0 Å². The Balaban J connectivity index is 2.00. The van der Waals surface area contributed by atoms with Gasteiger partial charge in [-0.3, -0.25) is 9.59 Å². The fourth-order valence-corrected chi connectivity index (χ4v) is 2.14. The highest BCUT2D eigenvalue weighted by Crippen LogP contribution is 2.20. The van der Waals surface area contributed by atoms with Gasteiger partial charge in [-0.05, 0) is 36.1 Å². The van der Waals surface area contributed by atoms with Crippen molar-refractivity contribution in [3.8, 4) is 0 Å². The second-order valence-electron chi connectivity index (χ2n) is 4.83. The van der Waals surface area contributed by atoms with E-state index >= 15 is 0 Å². The molecule has 0 radical (unpaired) electrons. The normalized spacial score (nSPS) is 12.1. The monoisotopic (exact) mass is 289 g/mol. The molecule has 112 valence electrons. The van der Waals surface area contributed by atoms with Gasteiger partial charge in [0.25, 0.3) is 0 Å². The third-order valence-electron chi connectivity index (χ3n) is 3.29. The van der Waals surface area contributed by atoms with Gasteiger partial charge in [-0.25, -0.2) is 0 Å². The van der Waals surface area contributed by atoms with E-state index in [2.05, 4.69) is 10.6 Å². The van der Waals surface area contributed by atoms with Crippen LogP contribution in [0.2, 0.25) is 0 Å². The van der Waals surface area contributed by atoms with Crippen LogP contribution in [0.25, 0.3) is 10.9 Å². The molecule has 1 atom stereocenters. The van der Waals surface area contributed by atoms with Crippen LogP contribution in [0, 0.1) is 0 Å². The second kappa shape index (κ2) is 6.41. The maximum absolute atomic E-state index is 11.4. The lowest BCUT2D eigenvalue weighted by Crippen LogP contribution is -2.41. The maximum Gasteiger partial charge on any atom is 0.309 e. The lowest BCUT2D eigenvalue weighted by Gasteiger charge is -2.12. The highest BCUT2D eigenvalue weighted by molar-refractivity contribution is 6.35. The lowest BCUT2D eigenvalue weighted by molar-refractivity contribution is -0.139. The molecule has 0 aliphatic carbocycles. The zero-order valence-corrected chi connectivity index (χ0v) is 12.1. The molecular formula is C15H19N3O3. The highest BCUT2D eigenvalue weighted by atomic mass is 16.3. The molecule has 1 aromatic heterocycles. The molecule has 2 aromatic rings. The van der Waals surface area contributed by atoms with Crippen molar-refractivity contribution in [3.05, 3.63) is 36.0 Å². The molecule has 21 heavy (non-hydrogen) atoms. The van der Waals surface area contributed by atoms with Gasteiger partial charge in [0, 0.05) is 31.9 Å². The Hall–Kier alpha value is -2.34. The van der Waals surface area contributed by atoms with E-state index < -0.39 is 17.9 Å². The van der Waals surface area contributed by atoms with E-state index in [1.807, 2.05) is 42.1 Å². The number of nitrogens with zero attached hydrogens (tertiary/aromatic N) is 1. The van der Waals surface area contributed by atoms with Gasteiger partial charge in [0.15, 0.2) is 0 Å². The second-order valence-corrected chi connectivity index (χ2v) is 4.83. The number of fused-ring (bicyclic) bond motifs is 1.